The van der Waals surface area contributed by atoms with Crippen LogP contribution < -0.4 is 10.5 Å². The van der Waals surface area contributed by atoms with E-state index in [2.05, 4.69) is 6.58 Å². The number of nitrogens with two attached hydrogens (primary N) is 1. The normalized spacial score (nSPS) is 11.4. The summed E-state index contributed by atoms with van der Waals surface area (Å²) >= 11 is 0. The summed E-state index contributed by atoms with van der Waals surface area (Å²) in [7, 11) is 0. The minimum atomic E-state index is -0.716. The van der Waals surface area contributed by atoms with Crippen molar-refractivity contribution in [2.24, 2.45) is 5.73 Å². The molecule has 0 bridgehead atoms. The topological polar surface area (TPSA) is 108 Å². The highest BCUT2D eigenvalue weighted by atomic mass is 16.6. The number of aryl methyl sites for hydroxylation is 2. The summed E-state index contributed by atoms with van der Waals surface area (Å²) < 4.78 is 15.5. The molecular formula is C22H25NO6. The monoisotopic (exact) mass is 399 g/mol. The van der Waals surface area contributed by atoms with Gasteiger partial charge in [-0.1, -0.05) is 23.8 Å². The van der Waals surface area contributed by atoms with Crippen molar-refractivity contribution in [3.05, 3.63) is 65.7 Å². The van der Waals surface area contributed by atoms with Gasteiger partial charge in [-0.05, 0) is 50.2 Å². The van der Waals surface area contributed by atoms with Crippen LogP contribution in [0.25, 0.3) is 5.76 Å². The van der Waals surface area contributed by atoms with Crippen LogP contribution in [0.1, 0.15) is 23.1 Å². The van der Waals surface area contributed by atoms with Crippen molar-refractivity contribution < 1.29 is 28.9 Å². The lowest BCUT2D eigenvalue weighted by atomic mass is 10.1. The van der Waals surface area contributed by atoms with Crippen molar-refractivity contribution in [3.8, 4) is 11.5 Å². The molecule has 0 unspecified atom stereocenters. The first-order chi connectivity index (χ1) is 13.7. The standard InChI is InChI=1S/C22H25NO6/c1-14-8-15(2)10-17(9-14)16(3)27-13-22(26)28-12-18(23)11-21(25)29-20-6-4-19(24)5-7-20/h4-10,18,24H,3,11-13,23H2,1-2H3/t18-/m1/s1. The molecule has 2 aromatic rings. The predicted octanol–water partition coefficient (Wildman–Crippen LogP) is 2.86. The Kier molecular flexibility index (Phi) is 7.79. The number of hydrogen-bond donors (Lipinski definition) is 2. The number of rotatable bonds is 9. The summed E-state index contributed by atoms with van der Waals surface area (Å²) in [6.45, 7) is 7.30. The van der Waals surface area contributed by atoms with Gasteiger partial charge in [-0.25, -0.2) is 4.79 Å². The van der Waals surface area contributed by atoms with Gasteiger partial charge in [-0.2, -0.15) is 0 Å². The predicted molar refractivity (Wildman–Crippen MR) is 108 cm³/mol. The van der Waals surface area contributed by atoms with Crippen LogP contribution in [0.4, 0.5) is 0 Å². The minimum Gasteiger partial charge on any atom is -0.508 e. The molecule has 0 radical (unpaired) electrons. The number of phenols is 1. The zero-order valence-electron chi connectivity index (χ0n) is 16.5. The fraction of sp³-hybridized carbons (Fsp3) is 0.273. The second kappa shape index (κ2) is 10.3. The van der Waals surface area contributed by atoms with Crippen molar-refractivity contribution in [2.75, 3.05) is 13.2 Å². The fourth-order valence-corrected chi connectivity index (χ4v) is 2.57. The van der Waals surface area contributed by atoms with E-state index in [9.17, 15) is 14.7 Å². The molecule has 0 aliphatic rings. The van der Waals surface area contributed by atoms with E-state index >= 15 is 0 Å². The van der Waals surface area contributed by atoms with Crippen LogP contribution in [0.15, 0.2) is 49.0 Å². The maximum Gasteiger partial charge on any atom is 0.344 e. The van der Waals surface area contributed by atoms with Crippen molar-refractivity contribution in [1.82, 2.24) is 0 Å². The number of ether oxygens (including phenoxy) is 3. The molecule has 2 rings (SSSR count). The average Bonchev–Trinajstić information content (AvgIpc) is 2.65. The molecule has 2 aromatic carbocycles. The van der Waals surface area contributed by atoms with Gasteiger partial charge in [0.05, 0.1) is 6.42 Å². The summed E-state index contributed by atoms with van der Waals surface area (Å²) in [5.74, 6) is -0.460. The van der Waals surface area contributed by atoms with Crippen molar-refractivity contribution in [3.63, 3.8) is 0 Å². The van der Waals surface area contributed by atoms with Crippen LogP contribution in [0.3, 0.4) is 0 Å². The Labute approximate surface area is 169 Å². The first kappa shape index (κ1) is 22.0. The lowest BCUT2D eigenvalue weighted by molar-refractivity contribution is -0.148. The Bertz CT molecular complexity index is 855. The summed E-state index contributed by atoms with van der Waals surface area (Å²) in [6, 6.07) is 10.8. The van der Waals surface area contributed by atoms with E-state index in [0.717, 1.165) is 16.7 Å². The minimum absolute atomic E-state index is 0.0656. The molecule has 7 heteroatoms. The van der Waals surface area contributed by atoms with E-state index in [1.54, 1.807) is 0 Å². The molecule has 0 heterocycles. The van der Waals surface area contributed by atoms with Gasteiger partial charge < -0.3 is 25.1 Å². The van der Waals surface area contributed by atoms with Crippen LogP contribution in [0, 0.1) is 13.8 Å². The maximum atomic E-state index is 11.8. The number of benzene rings is 2. The van der Waals surface area contributed by atoms with Gasteiger partial charge in [0.2, 0.25) is 0 Å². The highest BCUT2D eigenvalue weighted by molar-refractivity contribution is 5.74. The quantitative estimate of drug-likeness (QED) is 0.379. The molecule has 154 valence electrons. The molecule has 3 N–H and O–H groups in total. The van der Waals surface area contributed by atoms with Gasteiger partial charge in [0.15, 0.2) is 6.61 Å². The Balaban J connectivity index is 1.70. The molecule has 1 atom stereocenters. The van der Waals surface area contributed by atoms with E-state index in [-0.39, 0.29) is 31.1 Å². The Morgan fingerprint density at radius 1 is 1.03 bits per heavy atom. The van der Waals surface area contributed by atoms with Gasteiger partial charge >= 0.3 is 11.9 Å². The summed E-state index contributed by atoms with van der Waals surface area (Å²) in [5, 5.41) is 9.20. The lowest BCUT2D eigenvalue weighted by Crippen LogP contribution is -2.32. The van der Waals surface area contributed by atoms with E-state index in [1.807, 2.05) is 32.0 Å². The van der Waals surface area contributed by atoms with E-state index in [4.69, 9.17) is 19.9 Å². The first-order valence-corrected chi connectivity index (χ1v) is 9.04. The molecule has 0 aliphatic heterocycles. The van der Waals surface area contributed by atoms with Crippen molar-refractivity contribution in [2.45, 2.75) is 26.3 Å². The zero-order chi connectivity index (χ0) is 21.4. The lowest BCUT2D eigenvalue weighted by Gasteiger charge is -2.13. The Morgan fingerprint density at radius 2 is 1.66 bits per heavy atom. The molecule has 0 fully saturated rings. The molecule has 7 nitrogen and oxygen atoms in total. The second-order valence-electron chi connectivity index (χ2n) is 6.70. The third-order valence-corrected chi connectivity index (χ3v) is 3.86. The number of aromatic hydroxyl groups is 1. The van der Waals surface area contributed by atoms with Crippen molar-refractivity contribution >= 4 is 17.7 Å². The van der Waals surface area contributed by atoms with Gasteiger partial charge in [0, 0.05) is 11.6 Å². The third-order valence-electron chi connectivity index (χ3n) is 3.86. The van der Waals surface area contributed by atoms with Crippen LogP contribution >= 0.6 is 0 Å². The summed E-state index contributed by atoms with van der Waals surface area (Å²) in [4.78, 5) is 23.7. The summed E-state index contributed by atoms with van der Waals surface area (Å²) in [5.41, 5.74) is 8.73. The van der Waals surface area contributed by atoms with Crippen LogP contribution in [0.2, 0.25) is 0 Å². The summed E-state index contributed by atoms with van der Waals surface area (Å²) in [6.07, 6.45) is -0.135. The molecular weight excluding hydrogens is 374 g/mol. The maximum absolute atomic E-state index is 11.8. The third kappa shape index (κ3) is 7.67. The SMILES string of the molecule is C=C(OCC(=O)OC[C@H](N)CC(=O)Oc1ccc(O)cc1)c1cc(C)cc(C)c1. The highest BCUT2D eigenvalue weighted by Crippen LogP contribution is 2.18. The van der Waals surface area contributed by atoms with E-state index in [1.165, 1.54) is 24.3 Å². The van der Waals surface area contributed by atoms with Gasteiger partial charge in [-0.3, -0.25) is 4.79 Å². The van der Waals surface area contributed by atoms with Crippen LogP contribution in [-0.4, -0.2) is 36.3 Å². The number of carbonyl (C=O) groups excluding carboxylic acids is 2. The average molecular weight is 399 g/mol. The van der Waals surface area contributed by atoms with Gasteiger partial charge in [0.25, 0.3) is 0 Å². The molecule has 0 saturated carbocycles. The number of esters is 2. The Morgan fingerprint density at radius 3 is 2.28 bits per heavy atom. The van der Waals surface area contributed by atoms with Crippen LogP contribution in [0.5, 0.6) is 11.5 Å². The molecule has 0 saturated heterocycles. The first-order valence-electron chi connectivity index (χ1n) is 9.04. The largest absolute Gasteiger partial charge is 0.508 e. The molecule has 29 heavy (non-hydrogen) atoms. The van der Waals surface area contributed by atoms with Crippen molar-refractivity contribution in [1.29, 1.82) is 0 Å². The second-order valence-corrected chi connectivity index (χ2v) is 6.70. The van der Waals surface area contributed by atoms with Crippen LogP contribution in [-0.2, 0) is 19.1 Å². The molecule has 0 aromatic heterocycles. The van der Waals surface area contributed by atoms with E-state index in [0.29, 0.717) is 5.76 Å². The fourth-order valence-electron chi connectivity index (χ4n) is 2.57. The molecule has 0 aliphatic carbocycles. The Hall–Kier alpha value is -3.32. The van der Waals surface area contributed by atoms with Gasteiger partial charge in [-0.15, -0.1) is 0 Å². The van der Waals surface area contributed by atoms with Gasteiger partial charge in [0.1, 0.15) is 23.9 Å². The number of carbonyl (C=O) groups is 2. The zero-order valence-corrected chi connectivity index (χ0v) is 16.5. The van der Waals surface area contributed by atoms with E-state index < -0.39 is 18.0 Å². The highest BCUT2D eigenvalue weighted by Gasteiger charge is 2.15. The molecule has 0 spiro atoms. The number of hydrogen-bond acceptors (Lipinski definition) is 7. The number of phenolic OH excluding ortho intramolecular Hbond substituents is 1. The molecule has 0 amide bonds. The smallest absolute Gasteiger partial charge is 0.344 e.